The molecule has 0 spiro atoms. The van der Waals surface area contributed by atoms with Crippen LogP contribution in [0.25, 0.3) is 0 Å². The summed E-state index contributed by atoms with van der Waals surface area (Å²) in [5, 5.41) is 3.70. The van der Waals surface area contributed by atoms with Gasteiger partial charge in [-0.25, -0.2) is 8.42 Å². The number of hydrogen-bond donors (Lipinski definition) is 0. The molecule has 1 heterocycles. The smallest absolute Gasteiger partial charge is 0.232 e. The van der Waals surface area contributed by atoms with Crippen LogP contribution in [-0.4, -0.2) is 19.3 Å². The molecule has 0 fully saturated rings. The fourth-order valence-electron chi connectivity index (χ4n) is 1.08. The van der Waals surface area contributed by atoms with Crippen molar-refractivity contribution in [2.45, 2.75) is 20.3 Å². The van der Waals surface area contributed by atoms with Gasteiger partial charge >= 0.3 is 0 Å². The molecule has 1 aromatic rings. The maximum absolute atomic E-state index is 10.7. The maximum atomic E-state index is 10.7. The second-order valence-corrected chi connectivity index (χ2v) is 5.69. The van der Waals surface area contributed by atoms with Gasteiger partial charge in [0.05, 0.1) is 11.4 Å². The molecule has 0 aromatic carbocycles. The van der Waals surface area contributed by atoms with Crippen LogP contribution in [0.3, 0.4) is 0 Å². The third kappa shape index (κ3) is 3.00. The number of rotatable bonds is 3. The Hall–Kier alpha value is -0.550. The lowest BCUT2D eigenvalue weighted by atomic mass is 10.1. The van der Waals surface area contributed by atoms with Crippen molar-refractivity contribution in [3.8, 4) is 0 Å². The summed E-state index contributed by atoms with van der Waals surface area (Å²) in [6, 6.07) is 0. The van der Waals surface area contributed by atoms with E-state index in [1.165, 1.54) is 0 Å². The molecule has 74 valence electrons. The van der Waals surface area contributed by atoms with Crippen LogP contribution in [0, 0.1) is 13.8 Å². The third-order valence-corrected chi connectivity index (χ3v) is 2.93. The molecule has 0 saturated carbocycles. The van der Waals surface area contributed by atoms with E-state index < -0.39 is 9.05 Å². The van der Waals surface area contributed by atoms with Crippen LogP contribution in [0.15, 0.2) is 4.52 Å². The van der Waals surface area contributed by atoms with Gasteiger partial charge in [-0.3, -0.25) is 0 Å². The lowest BCUT2D eigenvalue weighted by Crippen LogP contribution is -2.02. The quantitative estimate of drug-likeness (QED) is 0.727. The summed E-state index contributed by atoms with van der Waals surface area (Å²) in [5.74, 6) is 0.565. The number of aryl methyl sites for hydroxylation is 2. The largest absolute Gasteiger partial charge is 0.361 e. The maximum Gasteiger partial charge on any atom is 0.232 e. The van der Waals surface area contributed by atoms with E-state index in [2.05, 4.69) is 5.16 Å². The van der Waals surface area contributed by atoms with Crippen molar-refractivity contribution in [1.82, 2.24) is 5.16 Å². The second-order valence-electron chi connectivity index (χ2n) is 2.80. The van der Waals surface area contributed by atoms with Crippen molar-refractivity contribution in [3.05, 3.63) is 17.0 Å². The van der Waals surface area contributed by atoms with Crippen LogP contribution in [0.5, 0.6) is 0 Å². The molecule has 4 nitrogen and oxygen atoms in total. The summed E-state index contributed by atoms with van der Waals surface area (Å²) in [7, 11) is 1.65. The van der Waals surface area contributed by atoms with Gasteiger partial charge in [0.2, 0.25) is 9.05 Å². The molecule has 0 radical (unpaired) electrons. The summed E-state index contributed by atoms with van der Waals surface area (Å²) in [4.78, 5) is 0. The minimum Gasteiger partial charge on any atom is -0.361 e. The SMILES string of the molecule is Cc1noc(C)c1CCS(=O)(=O)Cl. The second kappa shape index (κ2) is 3.67. The molecule has 6 heteroatoms. The predicted octanol–water partition coefficient (Wildman–Crippen LogP) is 1.40. The van der Waals surface area contributed by atoms with E-state index >= 15 is 0 Å². The van der Waals surface area contributed by atoms with Gasteiger partial charge in [0.25, 0.3) is 0 Å². The molecule has 0 aliphatic carbocycles. The highest BCUT2D eigenvalue weighted by molar-refractivity contribution is 8.13. The molecule has 0 N–H and O–H groups in total. The Labute approximate surface area is 81.3 Å². The average molecular weight is 224 g/mol. The van der Waals surface area contributed by atoms with Crippen LogP contribution in [0.1, 0.15) is 17.0 Å². The molecule has 0 aliphatic heterocycles. The molecule has 0 atom stereocenters. The zero-order valence-corrected chi connectivity index (χ0v) is 8.94. The Kier molecular flexibility index (Phi) is 2.98. The van der Waals surface area contributed by atoms with Crippen molar-refractivity contribution in [2.75, 3.05) is 5.75 Å². The van der Waals surface area contributed by atoms with Crippen LogP contribution in [0.4, 0.5) is 0 Å². The Morgan fingerprint density at radius 2 is 2.08 bits per heavy atom. The van der Waals surface area contributed by atoms with Gasteiger partial charge in [0, 0.05) is 16.2 Å². The van der Waals surface area contributed by atoms with Gasteiger partial charge in [-0.15, -0.1) is 0 Å². The Morgan fingerprint density at radius 1 is 1.46 bits per heavy atom. The lowest BCUT2D eigenvalue weighted by molar-refractivity contribution is 0.392. The van der Waals surface area contributed by atoms with Gasteiger partial charge in [-0.2, -0.15) is 0 Å². The molecule has 13 heavy (non-hydrogen) atoms. The molecule has 0 saturated heterocycles. The minimum atomic E-state index is -3.43. The first-order chi connectivity index (χ1) is 5.90. The average Bonchev–Trinajstić information content (AvgIpc) is 2.27. The van der Waals surface area contributed by atoms with Gasteiger partial charge in [-0.05, 0) is 20.3 Å². The summed E-state index contributed by atoms with van der Waals surface area (Å²) >= 11 is 0. The monoisotopic (exact) mass is 223 g/mol. The summed E-state index contributed by atoms with van der Waals surface area (Å²) in [5.41, 5.74) is 1.54. The Balaban J connectivity index is 2.75. The highest BCUT2D eigenvalue weighted by Gasteiger charge is 2.12. The Morgan fingerprint density at radius 3 is 2.46 bits per heavy atom. The van der Waals surface area contributed by atoms with Gasteiger partial charge in [0.1, 0.15) is 5.76 Å². The van der Waals surface area contributed by atoms with Crippen molar-refractivity contribution < 1.29 is 12.9 Å². The van der Waals surface area contributed by atoms with Crippen molar-refractivity contribution >= 4 is 19.7 Å². The highest BCUT2D eigenvalue weighted by Crippen LogP contribution is 2.14. The Bertz CT molecular complexity index is 376. The number of nitrogens with zero attached hydrogens (tertiary/aromatic N) is 1. The van der Waals surface area contributed by atoms with Crippen LogP contribution >= 0.6 is 10.7 Å². The highest BCUT2D eigenvalue weighted by atomic mass is 35.7. The van der Waals surface area contributed by atoms with Gasteiger partial charge in [0.15, 0.2) is 0 Å². The molecule has 1 rings (SSSR count). The molecule has 0 amide bonds. The summed E-state index contributed by atoms with van der Waals surface area (Å²) < 4.78 is 26.2. The van der Waals surface area contributed by atoms with Crippen molar-refractivity contribution in [2.24, 2.45) is 0 Å². The first kappa shape index (κ1) is 10.5. The van der Waals surface area contributed by atoms with E-state index in [-0.39, 0.29) is 5.75 Å². The third-order valence-electron chi connectivity index (χ3n) is 1.78. The fraction of sp³-hybridized carbons (Fsp3) is 0.571. The topological polar surface area (TPSA) is 60.2 Å². The number of aromatic nitrogens is 1. The lowest BCUT2D eigenvalue weighted by Gasteiger charge is -1.96. The number of halogens is 1. The molecule has 0 unspecified atom stereocenters. The van der Waals surface area contributed by atoms with Crippen molar-refractivity contribution in [3.63, 3.8) is 0 Å². The normalized spacial score (nSPS) is 11.9. The molecule has 0 aliphatic rings. The van der Waals surface area contributed by atoms with Gasteiger partial charge < -0.3 is 4.52 Å². The van der Waals surface area contributed by atoms with Gasteiger partial charge in [-0.1, -0.05) is 5.16 Å². The fourth-order valence-corrected chi connectivity index (χ4v) is 1.76. The number of hydrogen-bond acceptors (Lipinski definition) is 4. The van der Waals surface area contributed by atoms with E-state index in [0.717, 1.165) is 11.3 Å². The zero-order valence-electron chi connectivity index (χ0n) is 7.37. The first-order valence-electron chi connectivity index (χ1n) is 3.74. The van der Waals surface area contributed by atoms with Crippen molar-refractivity contribution in [1.29, 1.82) is 0 Å². The minimum absolute atomic E-state index is 0.0859. The van der Waals surface area contributed by atoms with Crippen LogP contribution in [0.2, 0.25) is 0 Å². The molecular formula is C7H10ClNO3S. The van der Waals surface area contributed by atoms with E-state index in [1.807, 2.05) is 0 Å². The standard InChI is InChI=1S/C7H10ClNO3S/c1-5-7(6(2)12-9-5)3-4-13(8,10)11/h3-4H2,1-2H3. The molecule has 1 aromatic heterocycles. The first-order valence-corrected chi connectivity index (χ1v) is 6.22. The summed E-state index contributed by atoms with van der Waals surface area (Å²) in [6.45, 7) is 3.52. The van der Waals surface area contributed by atoms with Crippen LogP contribution in [-0.2, 0) is 15.5 Å². The summed E-state index contributed by atoms with van der Waals surface area (Å²) in [6.07, 6.45) is 0.354. The molecular weight excluding hydrogens is 214 g/mol. The zero-order chi connectivity index (χ0) is 10.1. The van der Waals surface area contributed by atoms with E-state index in [4.69, 9.17) is 15.2 Å². The predicted molar refractivity (Wildman–Crippen MR) is 49.3 cm³/mol. The van der Waals surface area contributed by atoms with E-state index in [1.54, 1.807) is 13.8 Å². The molecule has 0 bridgehead atoms. The van der Waals surface area contributed by atoms with Crippen LogP contribution < -0.4 is 0 Å². The van der Waals surface area contributed by atoms with E-state index in [9.17, 15) is 8.42 Å². The van der Waals surface area contributed by atoms with E-state index in [0.29, 0.717) is 12.2 Å².